The standard InChI is InChI=1S/C46H31NS/c1-3-13-32(14-4-1)38-17-7-8-18-39(38)33-23-27-36(28-24-33)47(35-15-5-2-6-16-35)37-29-25-34(26-30-37)43-31-44-41-20-11-12-22-45(41)48-46(44)42-21-10-9-19-40(42)43/h1-31H. The molecular formula is C46H31NS. The van der Waals surface area contributed by atoms with E-state index in [9.17, 15) is 0 Å². The predicted molar refractivity (Wildman–Crippen MR) is 208 cm³/mol. The third-order valence-electron chi connectivity index (χ3n) is 9.28. The van der Waals surface area contributed by atoms with Crippen LogP contribution in [0.15, 0.2) is 188 Å². The molecule has 0 fully saturated rings. The van der Waals surface area contributed by atoms with Crippen LogP contribution in [0.4, 0.5) is 17.1 Å². The molecule has 0 saturated heterocycles. The van der Waals surface area contributed by atoms with E-state index < -0.39 is 0 Å². The van der Waals surface area contributed by atoms with Gasteiger partial charge in [0.05, 0.1) is 0 Å². The van der Waals surface area contributed by atoms with Crippen molar-refractivity contribution < 1.29 is 0 Å². The first-order chi connectivity index (χ1) is 23.8. The Morgan fingerprint density at radius 2 is 0.771 bits per heavy atom. The largest absolute Gasteiger partial charge is 0.311 e. The Morgan fingerprint density at radius 1 is 0.312 bits per heavy atom. The van der Waals surface area contributed by atoms with Gasteiger partial charge in [0.15, 0.2) is 0 Å². The number of rotatable bonds is 6. The van der Waals surface area contributed by atoms with Gasteiger partial charge in [0.2, 0.25) is 0 Å². The maximum atomic E-state index is 2.40. The highest BCUT2D eigenvalue weighted by Gasteiger charge is 2.16. The molecule has 1 heterocycles. The molecule has 2 heteroatoms. The number of hydrogen-bond acceptors (Lipinski definition) is 2. The fraction of sp³-hybridized carbons (Fsp3) is 0. The summed E-state index contributed by atoms with van der Waals surface area (Å²) in [4.78, 5) is 2.34. The van der Waals surface area contributed by atoms with E-state index in [1.165, 1.54) is 64.3 Å². The SMILES string of the molecule is c1ccc(-c2ccccc2-c2ccc(N(c3ccccc3)c3ccc(-c4cc5c6ccccc6sc5c5ccccc45)cc3)cc2)cc1. The van der Waals surface area contributed by atoms with Crippen molar-refractivity contribution in [2.75, 3.05) is 4.90 Å². The maximum Gasteiger partial charge on any atom is 0.0462 e. The van der Waals surface area contributed by atoms with Crippen molar-refractivity contribution in [2.24, 2.45) is 0 Å². The molecule has 0 atom stereocenters. The second kappa shape index (κ2) is 12.0. The second-order valence-electron chi connectivity index (χ2n) is 12.1. The third kappa shape index (κ3) is 4.95. The van der Waals surface area contributed by atoms with Crippen LogP contribution in [0.3, 0.4) is 0 Å². The molecule has 226 valence electrons. The summed E-state index contributed by atoms with van der Waals surface area (Å²) in [5, 5.41) is 5.25. The topological polar surface area (TPSA) is 3.24 Å². The van der Waals surface area contributed by atoms with E-state index in [1.54, 1.807) is 0 Å². The zero-order chi connectivity index (χ0) is 31.9. The molecule has 0 saturated carbocycles. The Labute approximate surface area is 284 Å². The summed E-state index contributed by atoms with van der Waals surface area (Å²) in [5.41, 5.74) is 10.7. The lowest BCUT2D eigenvalue weighted by atomic mass is 9.94. The molecule has 9 aromatic rings. The van der Waals surface area contributed by atoms with E-state index >= 15 is 0 Å². The van der Waals surface area contributed by atoms with Gasteiger partial charge < -0.3 is 4.90 Å². The highest BCUT2D eigenvalue weighted by Crippen LogP contribution is 2.44. The first-order valence-corrected chi connectivity index (χ1v) is 17.2. The minimum absolute atomic E-state index is 1.12. The Bertz CT molecular complexity index is 2530. The Hall–Kier alpha value is -5.96. The van der Waals surface area contributed by atoms with Gasteiger partial charge in [-0.3, -0.25) is 0 Å². The summed E-state index contributed by atoms with van der Waals surface area (Å²) < 4.78 is 2.69. The first kappa shape index (κ1) is 28.3. The van der Waals surface area contributed by atoms with E-state index in [4.69, 9.17) is 0 Å². The average Bonchev–Trinajstić information content (AvgIpc) is 3.55. The van der Waals surface area contributed by atoms with Crippen LogP contribution in [0.25, 0.3) is 64.3 Å². The second-order valence-corrected chi connectivity index (χ2v) is 13.2. The smallest absolute Gasteiger partial charge is 0.0462 e. The van der Waals surface area contributed by atoms with Crippen molar-refractivity contribution in [2.45, 2.75) is 0 Å². The monoisotopic (exact) mass is 629 g/mol. The zero-order valence-electron chi connectivity index (χ0n) is 26.3. The molecule has 0 amide bonds. The van der Waals surface area contributed by atoms with Gasteiger partial charge in [-0.25, -0.2) is 0 Å². The van der Waals surface area contributed by atoms with Gasteiger partial charge in [0.25, 0.3) is 0 Å². The van der Waals surface area contributed by atoms with Crippen molar-refractivity contribution >= 4 is 59.3 Å². The summed E-state index contributed by atoms with van der Waals surface area (Å²) in [6.07, 6.45) is 0. The summed E-state index contributed by atoms with van der Waals surface area (Å²) in [5.74, 6) is 0. The van der Waals surface area contributed by atoms with Gasteiger partial charge >= 0.3 is 0 Å². The molecule has 48 heavy (non-hydrogen) atoms. The van der Waals surface area contributed by atoms with Crippen LogP contribution in [-0.2, 0) is 0 Å². The Balaban J connectivity index is 1.12. The molecule has 0 aliphatic heterocycles. The zero-order valence-corrected chi connectivity index (χ0v) is 27.1. The number of fused-ring (bicyclic) bond motifs is 5. The fourth-order valence-electron chi connectivity index (χ4n) is 6.99. The van der Waals surface area contributed by atoms with Crippen LogP contribution in [0, 0.1) is 0 Å². The van der Waals surface area contributed by atoms with E-state index in [1.807, 2.05) is 11.3 Å². The van der Waals surface area contributed by atoms with Gasteiger partial charge in [-0.1, -0.05) is 140 Å². The van der Waals surface area contributed by atoms with Crippen LogP contribution in [0.2, 0.25) is 0 Å². The van der Waals surface area contributed by atoms with E-state index in [-0.39, 0.29) is 0 Å². The number of nitrogens with zero attached hydrogens (tertiary/aromatic N) is 1. The van der Waals surface area contributed by atoms with E-state index in [0.717, 1.165) is 17.1 Å². The van der Waals surface area contributed by atoms with Crippen molar-refractivity contribution in [3.05, 3.63) is 188 Å². The number of anilines is 3. The van der Waals surface area contributed by atoms with Crippen LogP contribution in [0.1, 0.15) is 0 Å². The lowest BCUT2D eigenvalue weighted by molar-refractivity contribution is 1.28. The Morgan fingerprint density at radius 3 is 1.42 bits per heavy atom. The van der Waals surface area contributed by atoms with E-state index in [0.29, 0.717) is 0 Å². The van der Waals surface area contributed by atoms with Crippen LogP contribution < -0.4 is 4.90 Å². The number of thiophene rings is 1. The average molecular weight is 630 g/mol. The number of hydrogen-bond donors (Lipinski definition) is 0. The van der Waals surface area contributed by atoms with Crippen molar-refractivity contribution in [1.82, 2.24) is 0 Å². The first-order valence-electron chi connectivity index (χ1n) is 16.4. The van der Waals surface area contributed by atoms with Gasteiger partial charge in [0, 0.05) is 42.6 Å². The molecule has 1 aromatic heterocycles. The maximum absolute atomic E-state index is 2.40. The van der Waals surface area contributed by atoms with Crippen molar-refractivity contribution in [3.8, 4) is 33.4 Å². The molecule has 0 aliphatic rings. The molecular weight excluding hydrogens is 599 g/mol. The molecule has 0 unspecified atom stereocenters. The molecule has 0 aliphatic carbocycles. The molecule has 8 aromatic carbocycles. The normalized spacial score (nSPS) is 11.3. The predicted octanol–water partition coefficient (Wildman–Crippen LogP) is 13.7. The van der Waals surface area contributed by atoms with Crippen LogP contribution in [0.5, 0.6) is 0 Å². The number of para-hydroxylation sites is 1. The summed E-state index contributed by atoms with van der Waals surface area (Å²) in [6, 6.07) is 67.9. The third-order valence-corrected chi connectivity index (χ3v) is 10.5. The van der Waals surface area contributed by atoms with Gasteiger partial charge in [-0.2, -0.15) is 0 Å². The van der Waals surface area contributed by atoms with Gasteiger partial charge in [0.1, 0.15) is 0 Å². The van der Waals surface area contributed by atoms with Crippen LogP contribution in [-0.4, -0.2) is 0 Å². The highest BCUT2D eigenvalue weighted by molar-refractivity contribution is 7.26. The lowest BCUT2D eigenvalue weighted by Crippen LogP contribution is -2.09. The van der Waals surface area contributed by atoms with E-state index in [2.05, 4.69) is 193 Å². The quantitative estimate of drug-likeness (QED) is 0.177. The molecule has 0 radical (unpaired) electrons. The highest BCUT2D eigenvalue weighted by atomic mass is 32.1. The molecule has 0 N–H and O–H groups in total. The molecule has 0 spiro atoms. The summed E-state index contributed by atoms with van der Waals surface area (Å²) in [7, 11) is 0. The van der Waals surface area contributed by atoms with Gasteiger partial charge in [-0.05, 0) is 87.3 Å². The molecule has 9 rings (SSSR count). The lowest BCUT2D eigenvalue weighted by Gasteiger charge is -2.26. The fourth-order valence-corrected chi connectivity index (χ4v) is 8.22. The minimum Gasteiger partial charge on any atom is -0.311 e. The van der Waals surface area contributed by atoms with Crippen LogP contribution >= 0.6 is 11.3 Å². The minimum atomic E-state index is 1.12. The van der Waals surface area contributed by atoms with Crippen molar-refractivity contribution in [3.63, 3.8) is 0 Å². The Kier molecular flexibility index (Phi) is 7.07. The number of benzene rings is 8. The summed E-state index contributed by atoms with van der Waals surface area (Å²) >= 11 is 1.89. The van der Waals surface area contributed by atoms with Crippen molar-refractivity contribution in [1.29, 1.82) is 0 Å². The molecule has 1 nitrogen and oxygen atoms in total. The van der Waals surface area contributed by atoms with Gasteiger partial charge in [-0.15, -0.1) is 11.3 Å². The molecule has 0 bridgehead atoms. The summed E-state index contributed by atoms with van der Waals surface area (Å²) in [6.45, 7) is 0.